The van der Waals surface area contributed by atoms with Crippen molar-refractivity contribution in [2.45, 2.75) is 180 Å². The number of carbonyl (C=O) groups is 3. The summed E-state index contributed by atoms with van der Waals surface area (Å²) in [5.74, 6) is -2.47. The minimum Gasteiger partial charge on any atom is -0.545 e. The van der Waals surface area contributed by atoms with Crippen molar-refractivity contribution in [1.29, 1.82) is 0 Å². The number of carboxylic acids is 1. The van der Waals surface area contributed by atoms with E-state index in [-0.39, 0.29) is 32.7 Å². The molecule has 0 aliphatic heterocycles. The Morgan fingerprint density at radius 2 is 0.952 bits per heavy atom. The zero-order valence-corrected chi connectivity index (χ0v) is 40.4. The number of allylic oxidation sites excluding steroid dienone is 15. The summed E-state index contributed by atoms with van der Waals surface area (Å²) in [7, 11) is 5.87. The molecule has 0 radical (unpaired) electrons. The van der Waals surface area contributed by atoms with Crippen molar-refractivity contribution in [2.24, 2.45) is 0 Å². The first kappa shape index (κ1) is 59.2. The lowest BCUT2D eigenvalue weighted by Crippen LogP contribution is -2.44. The van der Waals surface area contributed by atoms with Gasteiger partial charge in [0.1, 0.15) is 13.2 Å². The average molecular weight is 880 g/mol. The second-order valence-corrected chi connectivity index (χ2v) is 17.0. The Balaban J connectivity index is 4.47. The normalized spacial score (nSPS) is 13.7. The van der Waals surface area contributed by atoms with E-state index in [1.807, 2.05) is 33.3 Å². The lowest BCUT2D eigenvalue weighted by Gasteiger charge is -2.26. The Morgan fingerprint density at radius 1 is 0.508 bits per heavy atom. The summed E-state index contributed by atoms with van der Waals surface area (Å²) < 4.78 is 22.4. The number of hydrogen-bond donors (Lipinski definition) is 0. The number of rotatable bonds is 43. The van der Waals surface area contributed by atoms with Crippen molar-refractivity contribution in [3.8, 4) is 0 Å². The second-order valence-electron chi connectivity index (χ2n) is 17.0. The Morgan fingerprint density at radius 3 is 1.43 bits per heavy atom. The number of ether oxygens (including phenoxy) is 4. The number of unbranched alkanes of at least 4 members (excludes halogenated alkanes) is 13. The number of aliphatic carboxylic acids is 1. The molecule has 0 aromatic carbocycles. The third-order valence-electron chi connectivity index (χ3n) is 9.85. The molecular formula is C54H89NO8. The Bertz CT molecular complexity index is 1350. The van der Waals surface area contributed by atoms with E-state index < -0.39 is 30.3 Å². The highest BCUT2D eigenvalue weighted by molar-refractivity contribution is 5.71. The lowest BCUT2D eigenvalue weighted by atomic mass is 10.1. The van der Waals surface area contributed by atoms with Gasteiger partial charge in [0, 0.05) is 6.42 Å². The molecule has 2 unspecified atom stereocenters. The fourth-order valence-electron chi connectivity index (χ4n) is 6.09. The van der Waals surface area contributed by atoms with Gasteiger partial charge in [-0.3, -0.25) is 9.59 Å². The smallest absolute Gasteiger partial charge is 0.310 e. The molecule has 0 bridgehead atoms. The molecule has 9 heteroatoms. The summed E-state index contributed by atoms with van der Waals surface area (Å²) in [6, 6.07) is 0. The largest absolute Gasteiger partial charge is 0.545 e. The molecule has 0 aromatic rings. The molecule has 0 saturated heterocycles. The van der Waals surface area contributed by atoms with Crippen molar-refractivity contribution in [1.82, 2.24) is 0 Å². The molecule has 0 aliphatic rings. The molecule has 0 amide bonds. The van der Waals surface area contributed by atoms with Crippen LogP contribution in [-0.4, -0.2) is 82.3 Å². The lowest BCUT2D eigenvalue weighted by molar-refractivity contribution is -0.870. The molecular weight excluding hydrogens is 791 g/mol. The van der Waals surface area contributed by atoms with Crippen molar-refractivity contribution in [3.05, 3.63) is 97.2 Å². The third kappa shape index (κ3) is 46.0. The molecule has 0 aliphatic carbocycles. The fourth-order valence-corrected chi connectivity index (χ4v) is 6.09. The topological polar surface area (TPSA) is 111 Å². The predicted molar refractivity (Wildman–Crippen MR) is 260 cm³/mol. The van der Waals surface area contributed by atoms with Gasteiger partial charge in [-0.25, -0.2) is 0 Å². The summed E-state index contributed by atoms with van der Waals surface area (Å²) in [6.45, 7) is 4.47. The molecule has 0 aromatic heterocycles. The van der Waals surface area contributed by atoms with Crippen molar-refractivity contribution < 1.29 is 42.9 Å². The number of carboxylic acid groups (broad SMARTS) is 1. The minimum absolute atomic E-state index is 0.00851. The molecule has 358 valence electrons. The maximum Gasteiger partial charge on any atom is 0.310 e. The van der Waals surface area contributed by atoms with Gasteiger partial charge in [-0.2, -0.15) is 0 Å². The molecule has 2 atom stereocenters. The molecule has 0 heterocycles. The molecule has 0 saturated carbocycles. The van der Waals surface area contributed by atoms with Crippen molar-refractivity contribution in [3.63, 3.8) is 0 Å². The SMILES string of the molecule is CC/C=C\C/C=C\C/C=C\C/C=C\C/C=C\CC(=O)OC(COC(=O)CCCCCCCCCC/C=C\C/C=C\C/C=C\CCCCCCC)COC(OCC[N+](C)(C)C)C(=O)[O-]. The zero-order valence-electron chi connectivity index (χ0n) is 40.4. The van der Waals surface area contributed by atoms with E-state index in [0.717, 1.165) is 64.2 Å². The third-order valence-corrected chi connectivity index (χ3v) is 9.85. The van der Waals surface area contributed by atoms with E-state index in [4.69, 9.17) is 18.9 Å². The van der Waals surface area contributed by atoms with Crippen LogP contribution in [0.4, 0.5) is 0 Å². The Kier molecular flexibility index (Phi) is 42.1. The van der Waals surface area contributed by atoms with Crippen LogP contribution in [0, 0.1) is 0 Å². The number of quaternary nitrogens is 1. The van der Waals surface area contributed by atoms with Crippen molar-refractivity contribution in [2.75, 3.05) is 47.5 Å². The highest BCUT2D eigenvalue weighted by Crippen LogP contribution is 2.12. The van der Waals surface area contributed by atoms with Gasteiger partial charge in [0.2, 0.25) is 0 Å². The number of hydrogen-bond acceptors (Lipinski definition) is 8. The number of nitrogens with zero attached hydrogens (tertiary/aromatic N) is 1. The average Bonchev–Trinajstić information content (AvgIpc) is 3.24. The van der Waals surface area contributed by atoms with Gasteiger partial charge in [0.25, 0.3) is 0 Å². The van der Waals surface area contributed by atoms with Gasteiger partial charge < -0.3 is 33.3 Å². The summed E-state index contributed by atoms with van der Waals surface area (Å²) in [5, 5.41) is 11.7. The number of esters is 2. The first-order valence-electron chi connectivity index (χ1n) is 24.4. The predicted octanol–water partition coefficient (Wildman–Crippen LogP) is 12.1. The summed E-state index contributed by atoms with van der Waals surface area (Å²) in [4.78, 5) is 37.0. The maximum atomic E-state index is 12.7. The van der Waals surface area contributed by atoms with Gasteiger partial charge in [0.05, 0.1) is 46.7 Å². The van der Waals surface area contributed by atoms with Gasteiger partial charge in [-0.15, -0.1) is 0 Å². The van der Waals surface area contributed by atoms with E-state index in [1.165, 1.54) is 64.2 Å². The molecule has 63 heavy (non-hydrogen) atoms. The van der Waals surface area contributed by atoms with Crippen LogP contribution in [0.15, 0.2) is 97.2 Å². The van der Waals surface area contributed by atoms with Gasteiger partial charge in [-0.05, 0) is 77.0 Å². The first-order valence-corrected chi connectivity index (χ1v) is 24.4. The molecule has 0 N–H and O–H groups in total. The van der Waals surface area contributed by atoms with Crippen LogP contribution in [0.5, 0.6) is 0 Å². The Hall–Kier alpha value is -3.79. The first-order chi connectivity index (χ1) is 30.6. The summed E-state index contributed by atoms with van der Waals surface area (Å²) >= 11 is 0. The Labute approximate surface area is 384 Å². The van der Waals surface area contributed by atoms with Crippen LogP contribution in [0.25, 0.3) is 0 Å². The minimum atomic E-state index is -1.65. The van der Waals surface area contributed by atoms with Crippen LogP contribution >= 0.6 is 0 Å². The molecule has 0 spiro atoms. The maximum absolute atomic E-state index is 12.7. The standard InChI is InChI=1S/C54H89NO8/c1-6-8-10-12-14-16-18-20-22-23-24-25-26-27-28-29-31-32-34-36-38-40-42-44-51(56)61-48-50(49-62-54(53(58)59)60-47-46-55(3,4)5)63-52(57)45-43-41-39-37-35-33-30-21-19-17-15-13-11-9-7-2/h9,11,15,17-18,20-21,23-24,26-27,30,35,37,41,43,50,54H,6-8,10,12-14,16,19,22,25,28-29,31-34,36,38-40,42,44-49H2,1-5H3/b11-9-,17-15-,20-18-,24-23-,27-26-,30-21-,37-35-,43-41-. The van der Waals surface area contributed by atoms with Gasteiger partial charge in [0.15, 0.2) is 12.4 Å². The molecule has 0 fully saturated rings. The van der Waals surface area contributed by atoms with Crippen LogP contribution in [0.1, 0.15) is 168 Å². The fraction of sp³-hybridized carbons (Fsp3) is 0.648. The number of carbonyl (C=O) groups excluding carboxylic acids is 3. The zero-order chi connectivity index (χ0) is 46.3. The number of likely N-dealkylation sites (N-methyl/N-ethyl adjacent to an activating group) is 1. The highest BCUT2D eigenvalue weighted by atomic mass is 16.7. The van der Waals surface area contributed by atoms with Crippen LogP contribution in [-0.2, 0) is 33.3 Å². The van der Waals surface area contributed by atoms with E-state index in [0.29, 0.717) is 23.9 Å². The van der Waals surface area contributed by atoms with E-state index in [1.54, 1.807) is 6.08 Å². The van der Waals surface area contributed by atoms with Gasteiger partial charge >= 0.3 is 11.9 Å². The van der Waals surface area contributed by atoms with E-state index in [2.05, 4.69) is 92.8 Å². The quantitative estimate of drug-likeness (QED) is 0.0196. The van der Waals surface area contributed by atoms with Crippen LogP contribution in [0.2, 0.25) is 0 Å². The van der Waals surface area contributed by atoms with E-state index in [9.17, 15) is 19.5 Å². The van der Waals surface area contributed by atoms with Crippen LogP contribution in [0.3, 0.4) is 0 Å². The van der Waals surface area contributed by atoms with Crippen LogP contribution < -0.4 is 5.11 Å². The summed E-state index contributed by atoms with van der Waals surface area (Å²) in [6.07, 6.45) is 56.2. The monoisotopic (exact) mass is 880 g/mol. The molecule has 0 rings (SSSR count). The molecule has 9 nitrogen and oxygen atoms in total. The second kappa shape index (κ2) is 44.8. The van der Waals surface area contributed by atoms with Gasteiger partial charge in [-0.1, -0.05) is 175 Å². The van der Waals surface area contributed by atoms with E-state index >= 15 is 0 Å². The highest BCUT2D eigenvalue weighted by Gasteiger charge is 2.21. The van der Waals surface area contributed by atoms with Crippen molar-refractivity contribution >= 4 is 17.9 Å². The summed E-state index contributed by atoms with van der Waals surface area (Å²) in [5.41, 5.74) is 0.